The minimum Gasteiger partial charge on any atom is -0.396 e. The third-order valence-electron chi connectivity index (χ3n) is 11.4. The number of aliphatic hydroxyl groups excluding tert-OH is 1. The number of amides is 1. The first-order valence-electron chi connectivity index (χ1n) is 17.8. The third-order valence-corrected chi connectivity index (χ3v) is 11.4. The molecule has 5 heterocycles. The Kier molecular flexibility index (Phi) is 9.16. The van der Waals surface area contributed by atoms with Crippen molar-refractivity contribution < 1.29 is 14.6 Å². The van der Waals surface area contributed by atoms with Crippen LogP contribution in [0.2, 0.25) is 0 Å². The van der Waals surface area contributed by atoms with Crippen LogP contribution in [0.5, 0.6) is 0 Å². The van der Waals surface area contributed by atoms with Gasteiger partial charge in [0.25, 0.3) is 11.5 Å². The Bertz CT molecular complexity index is 1700. The number of carbonyl (C=O) groups excluding carboxylic acids is 1. The Morgan fingerprint density at radius 3 is 2.68 bits per heavy atom. The predicted octanol–water partition coefficient (Wildman–Crippen LogP) is 4.81. The van der Waals surface area contributed by atoms with E-state index in [1.54, 1.807) is 11.6 Å². The molecule has 10 nitrogen and oxygen atoms in total. The number of aliphatic hydroxyl groups is 1. The van der Waals surface area contributed by atoms with Gasteiger partial charge in [-0.25, -0.2) is 0 Å². The molecular formula is C37H50N6O4. The molecule has 2 N–H and O–H groups in total. The lowest BCUT2D eigenvalue weighted by molar-refractivity contribution is -0.0638. The summed E-state index contributed by atoms with van der Waals surface area (Å²) in [5.74, 6) is 1.66. The minimum atomic E-state index is -0.191. The normalized spacial score (nSPS) is 23.4. The first kappa shape index (κ1) is 31.9. The number of hydrogen-bond donors (Lipinski definition) is 2. The van der Waals surface area contributed by atoms with Crippen LogP contribution in [0, 0.1) is 17.8 Å². The Labute approximate surface area is 277 Å². The van der Waals surface area contributed by atoms with Gasteiger partial charge in [0.05, 0.1) is 13.2 Å². The van der Waals surface area contributed by atoms with Crippen molar-refractivity contribution in [2.24, 2.45) is 24.8 Å². The van der Waals surface area contributed by atoms with Crippen LogP contribution in [0.1, 0.15) is 84.9 Å². The van der Waals surface area contributed by atoms with Crippen molar-refractivity contribution in [2.75, 3.05) is 31.7 Å². The SMILES string of the molecule is CCc1cc(Nc2cc(C3C=CCC(N4CCn5c(cc6c5CCCC6)C4=O)C3CO)cn(C)c2=O)nn1CCC(CC)C1COC1. The lowest BCUT2D eigenvalue weighted by atomic mass is 9.76. The van der Waals surface area contributed by atoms with Crippen molar-refractivity contribution in [3.63, 3.8) is 0 Å². The molecule has 10 heteroatoms. The number of pyridine rings is 1. The largest absolute Gasteiger partial charge is 0.396 e. The van der Waals surface area contributed by atoms with Gasteiger partial charge in [0, 0.05) is 80.7 Å². The standard InChI is InChI=1S/C37H50N6O4/c1-4-24(27-22-47-23-27)13-14-43-28(5-2)19-35(39-43)38-31-17-26(20-40(3)36(31)45)29-10-8-12-33(30(29)21-44)42-16-15-41-32-11-7-6-9-25(32)18-34(41)37(42)46/h8,10,17-20,24,27,29-30,33,44H,4-7,9,11-16,21-23H2,1-3H3,(H,38,39). The highest BCUT2D eigenvalue weighted by atomic mass is 16.5. The van der Waals surface area contributed by atoms with Gasteiger partial charge >= 0.3 is 0 Å². The smallest absolute Gasteiger partial charge is 0.274 e. The molecule has 0 aromatic carbocycles. The van der Waals surface area contributed by atoms with Crippen molar-refractivity contribution in [2.45, 2.75) is 90.3 Å². The molecule has 47 heavy (non-hydrogen) atoms. The van der Waals surface area contributed by atoms with E-state index in [-0.39, 0.29) is 36.0 Å². The zero-order valence-corrected chi connectivity index (χ0v) is 28.2. The average Bonchev–Trinajstić information content (AvgIpc) is 3.65. The Morgan fingerprint density at radius 1 is 1.11 bits per heavy atom. The second-order valence-electron chi connectivity index (χ2n) is 14.0. The summed E-state index contributed by atoms with van der Waals surface area (Å²) in [6.07, 6.45) is 14.4. The summed E-state index contributed by atoms with van der Waals surface area (Å²) in [7, 11) is 1.77. The molecule has 2 aliphatic heterocycles. The van der Waals surface area contributed by atoms with Gasteiger partial charge in [0.1, 0.15) is 11.4 Å². The molecule has 0 bridgehead atoms. The number of hydrogen-bond acceptors (Lipinski definition) is 6. The molecule has 252 valence electrons. The number of ether oxygens (including phenoxy) is 1. The Hall–Kier alpha value is -3.63. The number of allylic oxidation sites excluding steroid dienone is 1. The van der Waals surface area contributed by atoms with Crippen LogP contribution in [0.3, 0.4) is 0 Å². The summed E-state index contributed by atoms with van der Waals surface area (Å²) in [5, 5.41) is 19.0. The second-order valence-corrected chi connectivity index (χ2v) is 14.0. The number of anilines is 2. The molecule has 1 fully saturated rings. The minimum absolute atomic E-state index is 0.0530. The van der Waals surface area contributed by atoms with Crippen LogP contribution in [0.4, 0.5) is 11.5 Å². The van der Waals surface area contributed by atoms with E-state index in [9.17, 15) is 14.7 Å². The lowest BCUT2D eigenvalue weighted by Crippen LogP contribution is -2.52. The molecule has 1 saturated heterocycles. The van der Waals surface area contributed by atoms with Gasteiger partial charge in [-0.1, -0.05) is 32.4 Å². The molecule has 0 spiro atoms. The molecule has 7 rings (SSSR count). The fourth-order valence-electron chi connectivity index (χ4n) is 8.57. The first-order valence-corrected chi connectivity index (χ1v) is 17.8. The number of fused-ring (bicyclic) bond motifs is 3. The molecule has 4 unspecified atom stereocenters. The summed E-state index contributed by atoms with van der Waals surface area (Å²) in [5.41, 5.74) is 5.86. The lowest BCUT2D eigenvalue weighted by Gasteiger charge is -2.43. The molecular weight excluding hydrogens is 592 g/mol. The van der Waals surface area contributed by atoms with Crippen molar-refractivity contribution in [3.8, 4) is 0 Å². The van der Waals surface area contributed by atoms with Gasteiger partial charge in [-0.15, -0.1) is 0 Å². The number of aryl methyl sites for hydroxylation is 4. The van der Waals surface area contributed by atoms with E-state index in [1.807, 2.05) is 23.2 Å². The van der Waals surface area contributed by atoms with E-state index in [4.69, 9.17) is 9.84 Å². The van der Waals surface area contributed by atoms with Crippen molar-refractivity contribution in [3.05, 3.63) is 75.1 Å². The maximum absolute atomic E-state index is 13.9. The van der Waals surface area contributed by atoms with Gasteiger partial charge in [0.15, 0.2) is 5.82 Å². The van der Waals surface area contributed by atoms with Crippen molar-refractivity contribution in [1.82, 2.24) is 23.8 Å². The van der Waals surface area contributed by atoms with Crippen molar-refractivity contribution in [1.29, 1.82) is 0 Å². The number of rotatable bonds is 11. The van der Waals surface area contributed by atoms with E-state index < -0.39 is 0 Å². The highest BCUT2D eigenvalue weighted by molar-refractivity contribution is 5.94. The molecule has 3 aromatic rings. The molecule has 2 aliphatic carbocycles. The Balaban J connectivity index is 1.11. The van der Waals surface area contributed by atoms with Gasteiger partial charge in [-0.2, -0.15) is 5.10 Å². The fourth-order valence-corrected chi connectivity index (χ4v) is 8.57. The van der Waals surface area contributed by atoms with Crippen molar-refractivity contribution >= 4 is 17.4 Å². The molecule has 1 amide bonds. The van der Waals surface area contributed by atoms with E-state index in [2.05, 4.69) is 46.6 Å². The zero-order chi connectivity index (χ0) is 32.7. The Morgan fingerprint density at radius 2 is 1.94 bits per heavy atom. The summed E-state index contributed by atoms with van der Waals surface area (Å²) in [6.45, 7) is 8.34. The molecule has 4 aliphatic rings. The van der Waals surface area contributed by atoms with Crippen LogP contribution in [0.25, 0.3) is 0 Å². The molecule has 0 saturated carbocycles. The van der Waals surface area contributed by atoms with Crippen LogP contribution in [0.15, 0.2) is 41.3 Å². The highest BCUT2D eigenvalue weighted by Gasteiger charge is 2.40. The summed E-state index contributed by atoms with van der Waals surface area (Å²) in [4.78, 5) is 29.3. The summed E-state index contributed by atoms with van der Waals surface area (Å²) < 4.78 is 11.4. The van der Waals surface area contributed by atoms with Gasteiger partial charge in [0.2, 0.25) is 0 Å². The third kappa shape index (κ3) is 5.99. The van der Waals surface area contributed by atoms with Gasteiger partial charge in [-0.3, -0.25) is 14.3 Å². The quantitative estimate of drug-likeness (QED) is 0.291. The average molecular weight is 643 g/mol. The topological polar surface area (TPSA) is 107 Å². The maximum atomic E-state index is 13.9. The fraction of sp³-hybridized carbons (Fsp3) is 0.595. The van der Waals surface area contributed by atoms with Gasteiger partial charge in [-0.05, 0) is 74.1 Å². The molecule has 0 radical (unpaired) electrons. The van der Waals surface area contributed by atoms with Crippen LogP contribution < -0.4 is 10.9 Å². The number of aromatic nitrogens is 4. The molecule has 4 atom stereocenters. The van der Waals surface area contributed by atoms with Crippen LogP contribution in [-0.2, 0) is 44.1 Å². The first-order chi connectivity index (χ1) is 22.9. The van der Waals surface area contributed by atoms with E-state index in [0.717, 1.165) is 75.4 Å². The number of nitrogens with zero attached hydrogens (tertiary/aromatic N) is 5. The monoisotopic (exact) mass is 642 g/mol. The van der Waals surface area contributed by atoms with Gasteiger partial charge < -0.3 is 29.2 Å². The maximum Gasteiger partial charge on any atom is 0.274 e. The van der Waals surface area contributed by atoms with E-state index >= 15 is 0 Å². The highest BCUT2D eigenvalue weighted by Crippen LogP contribution is 2.38. The van der Waals surface area contributed by atoms with E-state index in [1.165, 1.54) is 24.1 Å². The number of carbonyl (C=O) groups is 1. The summed E-state index contributed by atoms with van der Waals surface area (Å²) >= 11 is 0. The molecule has 3 aromatic heterocycles. The van der Waals surface area contributed by atoms with Crippen LogP contribution >= 0.6 is 0 Å². The van der Waals surface area contributed by atoms with E-state index in [0.29, 0.717) is 36.3 Å². The second kappa shape index (κ2) is 13.5. The predicted molar refractivity (Wildman–Crippen MR) is 182 cm³/mol. The summed E-state index contributed by atoms with van der Waals surface area (Å²) in [6, 6.07) is 5.95. The number of nitrogens with one attached hydrogen (secondary N) is 1. The zero-order valence-electron chi connectivity index (χ0n) is 28.2. The van der Waals surface area contributed by atoms with Crippen LogP contribution in [-0.4, -0.2) is 67.2 Å².